The minimum atomic E-state index is -0.681. The van der Waals surface area contributed by atoms with Crippen LogP contribution in [0, 0.1) is 0 Å². The molecule has 2 unspecified atom stereocenters. The van der Waals surface area contributed by atoms with E-state index in [1.165, 1.54) is 22.7 Å². The molecule has 15 nitrogen and oxygen atoms in total. The maximum absolute atomic E-state index is 13.7. The van der Waals surface area contributed by atoms with E-state index in [1.807, 2.05) is 50.2 Å². The van der Waals surface area contributed by atoms with Crippen molar-refractivity contribution in [2.24, 2.45) is 9.98 Å². The van der Waals surface area contributed by atoms with E-state index in [2.05, 4.69) is 9.98 Å². The van der Waals surface area contributed by atoms with Crippen molar-refractivity contribution in [3.05, 3.63) is 179 Å². The number of hydrogen-bond donors (Lipinski definition) is 1. The van der Waals surface area contributed by atoms with Gasteiger partial charge in [0, 0.05) is 16.7 Å². The van der Waals surface area contributed by atoms with Gasteiger partial charge in [0.05, 0.1) is 84.3 Å². The van der Waals surface area contributed by atoms with Crippen molar-refractivity contribution in [1.82, 2.24) is 9.13 Å². The number of aliphatic hydroxyl groups is 1. The average Bonchev–Trinajstić information content (AvgIpc) is 3.84. The van der Waals surface area contributed by atoms with Gasteiger partial charge < -0.3 is 33.5 Å². The first kappa shape index (κ1) is 55.6. The lowest BCUT2D eigenvalue weighted by Crippen LogP contribution is -2.39. The molecule has 8 rings (SSSR count). The molecule has 4 heterocycles. The highest BCUT2D eigenvalue weighted by molar-refractivity contribution is 7.07. The summed E-state index contributed by atoms with van der Waals surface area (Å²) in [6.45, 7) is 14.2. The molecule has 1 N–H and O–H groups in total. The van der Waals surface area contributed by atoms with E-state index in [1.54, 1.807) is 119 Å². The lowest BCUT2D eigenvalue weighted by atomic mass is 9.96. The first-order chi connectivity index (χ1) is 35.2. The molecule has 2 aromatic heterocycles. The maximum atomic E-state index is 13.7. The van der Waals surface area contributed by atoms with Crippen LogP contribution in [0.3, 0.4) is 0 Å². The number of esters is 2. The van der Waals surface area contributed by atoms with Crippen molar-refractivity contribution in [2.75, 3.05) is 47.3 Å². The number of aromatic nitrogens is 2. The Balaban J connectivity index is 0.000000226. The van der Waals surface area contributed by atoms with E-state index in [0.717, 1.165) is 22.3 Å². The summed E-state index contributed by atoms with van der Waals surface area (Å²) in [5, 5.41) is 8.69. The van der Waals surface area contributed by atoms with Gasteiger partial charge in [0.25, 0.3) is 11.1 Å². The molecule has 0 fully saturated rings. The Labute approximate surface area is 439 Å². The van der Waals surface area contributed by atoms with Crippen molar-refractivity contribution in [3.63, 3.8) is 0 Å². The van der Waals surface area contributed by atoms with Crippen molar-refractivity contribution in [3.8, 4) is 23.0 Å². The number of rotatable bonds is 14. The number of halogens is 2. The SMILES string of the molecule is CCO.CCOC(=O)C1=C(C)N=c2s/c(=C/c3ccc(OCC)c(OC)c3)c(=O)n2C1c1ccc(Cl)cc1.CCOC(=O)C1=C(C)N=c2s/c(=C/c3ccc(OCC)c(OC)c3)c(=O)n2C1c1ccc(Cl)cc1. The van der Waals surface area contributed by atoms with Crippen LogP contribution in [0.5, 0.6) is 23.0 Å². The molecule has 0 saturated carbocycles. The second-order valence-electron chi connectivity index (χ2n) is 15.7. The number of hydrogen-bond acceptors (Lipinski definition) is 15. The molecule has 2 aliphatic rings. The molecular formula is C54H56Cl2N4O11S2. The second-order valence-corrected chi connectivity index (χ2v) is 18.6. The quantitative estimate of drug-likeness (QED) is 0.106. The van der Waals surface area contributed by atoms with Crippen molar-refractivity contribution >= 4 is 70.0 Å². The van der Waals surface area contributed by atoms with Crippen LogP contribution >= 0.6 is 45.9 Å². The van der Waals surface area contributed by atoms with Gasteiger partial charge in [0.1, 0.15) is 0 Å². The molecule has 6 aromatic rings. The van der Waals surface area contributed by atoms with Crippen LogP contribution in [0.2, 0.25) is 10.0 Å². The molecule has 384 valence electrons. The fourth-order valence-electron chi connectivity index (χ4n) is 7.90. The number of nitrogens with zero attached hydrogens (tertiary/aromatic N) is 4. The Kier molecular flexibility index (Phi) is 19.6. The topological polar surface area (TPSA) is 178 Å². The summed E-state index contributed by atoms with van der Waals surface area (Å²) >= 11 is 14.7. The molecule has 0 bridgehead atoms. The van der Waals surface area contributed by atoms with Crippen molar-refractivity contribution in [1.29, 1.82) is 0 Å². The van der Waals surface area contributed by atoms with Gasteiger partial charge in [0.2, 0.25) is 0 Å². The van der Waals surface area contributed by atoms with Crippen LogP contribution in [0.15, 0.2) is 127 Å². The lowest BCUT2D eigenvalue weighted by Gasteiger charge is -2.24. The lowest BCUT2D eigenvalue weighted by molar-refractivity contribution is -0.140. The molecule has 2 atom stereocenters. The number of carbonyl (C=O) groups excluding carboxylic acids is 2. The molecule has 0 spiro atoms. The highest BCUT2D eigenvalue weighted by atomic mass is 35.5. The zero-order valence-corrected chi connectivity index (χ0v) is 45.0. The summed E-state index contributed by atoms with van der Waals surface area (Å²) in [7, 11) is 3.14. The van der Waals surface area contributed by atoms with Crippen LogP contribution in [-0.2, 0) is 19.1 Å². The highest BCUT2D eigenvalue weighted by Crippen LogP contribution is 2.34. The van der Waals surface area contributed by atoms with Crippen LogP contribution in [0.1, 0.15) is 82.8 Å². The molecule has 0 aliphatic carbocycles. The van der Waals surface area contributed by atoms with Gasteiger partial charge in [-0.3, -0.25) is 18.7 Å². The number of ether oxygens (including phenoxy) is 6. The van der Waals surface area contributed by atoms with Crippen LogP contribution in [-0.4, -0.2) is 73.4 Å². The number of fused-ring (bicyclic) bond motifs is 2. The third-order valence-electron chi connectivity index (χ3n) is 11.0. The van der Waals surface area contributed by atoms with E-state index in [9.17, 15) is 19.2 Å². The van der Waals surface area contributed by atoms with E-state index in [4.69, 9.17) is 56.7 Å². The second kappa shape index (κ2) is 25.8. The first-order valence-electron chi connectivity index (χ1n) is 23.3. The molecule has 2 aliphatic heterocycles. The highest BCUT2D eigenvalue weighted by Gasteiger charge is 2.35. The monoisotopic (exact) mass is 1070 g/mol. The van der Waals surface area contributed by atoms with Gasteiger partial charge in [-0.1, -0.05) is 82.3 Å². The maximum Gasteiger partial charge on any atom is 0.338 e. The van der Waals surface area contributed by atoms with Crippen LogP contribution in [0.25, 0.3) is 12.2 Å². The van der Waals surface area contributed by atoms with Gasteiger partial charge in [-0.15, -0.1) is 0 Å². The number of methoxy groups -OCH3 is 2. The molecule has 0 amide bonds. The number of aliphatic hydroxyl groups excluding tert-OH is 1. The third-order valence-corrected chi connectivity index (χ3v) is 13.4. The number of benzene rings is 4. The Morgan fingerprint density at radius 3 is 1.26 bits per heavy atom. The molecular weight excluding hydrogens is 1020 g/mol. The van der Waals surface area contributed by atoms with Gasteiger partial charge in [0.15, 0.2) is 32.6 Å². The normalized spacial score (nSPS) is 15.1. The summed E-state index contributed by atoms with van der Waals surface area (Å²) < 4.78 is 36.7. The van der Waals surface area contributed by atoms with Crippen molar-refractivity contribution in [2.45, 2.75) is 60.5 Å². The summed E-state index contributed by atoms with van der Waals surface area (Å²) in [6.07, 6.45) is 3.56. The molecule has 4 aromatic carbocycles. The zero-order chi connectivity index (χ0) is 52.9. The Morgan fingerprint density at radius 2 is 0.945 bits per heavy atom. The Morgan fingerprint density at radius 1 is 0.589 bits per heavy atom. The van der Waals surface area contributed by atoms with Crippen LogP contribution < -0.4 is 48.7 Å². The van der Waals surface area contributed by atoms with E-state index in [-0.39, 0.29) is 30.9 Å². The summed E-state index contributed by atoms with van der Waals surface area (Å²) in [5.74, 6) is 1.41. The average molecular weight is 1070 g/mol. The molecule has 0 saturated heterocycles. The Hall–Kier alpha value is -6.76. The van der Waals surface area contributed by atoms with E-state index >= 15 is 0 Å². The molecule has 73 heavy (non-hydrogen) atoms. The summed E-state index contributed by atoms with van der Waals surface area (Å²) in [5.41, 5.74) is 4.21. The molecule has 19 heteroatoms. The van der Waals surface area contributed by atoms with E-state index in [0.29, 0.717) is 87.5 Å². The van der Waals surface area contributed by atoms with Crippen LogP contribution in [0.4, 0.5) is 0 Å². The fraction of sp³-hybridized carbons (Fsp3) is 0.296. The van der Waals surface area contributed by atoms with E-state index < -0.39 is 24.0 Å². The van der Waals surface area contributed by atoms with Gasteiger partial charge in [-0.05, 0) is 131 Å². The number of allylic oxidation sites excluding steroid dienone is 2. The molecule has 0 radical (unpaired) electrons. The summed E-state index contributed by atoms with van der Waals surface area (Å²) in [6, 6.07) is 23.8. The Bertz CT molecular complexity index is 3190. The third kappa shape index (κ3) is 12.7. The predicted octanol–water partition coefficient (Wildman–Crippen LogP) is 7.72. The van der Waals surface area contributed by atoms with Gasteiger partial charge in [-0.25, -0.2) is 19.6 Å². The predicted molar refractivity (Wildman–Crippen MR) is 285 cm³/mol. The van der Waals surface area contributed by atoms with Gasteiger partial charge in [-0.2, -0.15) is 0 Å². The number of carbonyl (C=O) groups is 2. The number of thiazole rings is 2. The largest absolute Gasteiger partial charge is 0.493 e. The van der Waals surface area contributed by atoms with Crippen molar-refractivity contribution < 1.29 is 43.1 Å². The van der Waals surface area contributed by atoms with Gasteiger partial charge >= 0.3 is 11.9 Å². The smallest absolute Gasteiger partial charge is 0.338 e. The minimum Gasteiger partial charge on any atom is -0.493 e. The first-order valence-corrected chi connectivity index (χ1v) is 25.7. The minimum absolute atomic E-state index is 0.215. The standard InChI is InChI=1S/2C26H25ClN2O5S.C2H6O/c2*1-5-33-19-12-7-16(13-20(19)32-4)14-21-24(30)29-23(17-8-10-18(27)11-9-17)22(25(31)34-6-2)15(3)28-26(29)35-21;1-2-3/h2*7-14,23H,5-6H2,1-4H3;3H,2H2,1H3/b2*21-14+;. The fourth-order valence-corrected chi connectivity index (χ4v) is 10.2. The summed E-state index contributed by atoms with van der Waals surface area (Å²) in [4.78, 5) is 63.3. The zero-order valence-electron chi connectivity index (χ0n) is 41.8.